The van der Waals surface area contributed by atoms with Crippen LogP contribution in [0.3, 0.4) is 0 Å². The maximum absolute atomic E-state index is 11.9. The topological polar surface area (TPSA) is 80.3 Å². The molecule has 0 bridgehead atoms. The number of hydrogen-bond donors (Lipinski definition) is 2. The number of alkyl carbamates (subject to hydrolysis) is 1. The Morgan fingerprint density at radius 1 is 1.24 bits per heavy atom. The van der Waals surface area contributed by atoms with Gasteiger partial charge in [-0.15, -0.1) is 0 Å². The van der Waals surface area contributed by atoms with Gasteiger partial charge in [-0.1, -0.05) is 18.2 Å². The maximum Gasteiger partial charge on any atom is 0.407 e. The summed E-state index contributed by atoms with van der Waals surface area (Å²) in [4.78, 5) is 26.9. The van der Waals surface area contributed by atoms with E-state index in [0.29, 0.717) is 17.9 Å². The zero-order valence-corrected chi connectivity index (χ0v) is 11.1. The van der Waals surface area contributed by atoms with E-state index in [1.54, 1.807) is 36.5 Å². The first kappa shape index (κ1) is 13.1. The van der Waals surface area contributed by atoms with Crippen molar-refractivity contribution >= 4 is 17.7 Å². The van der Waals surface area contributed by atoms with Gasteiger partial charge in [0.1, 0.15) is 11.8 Å². The van der Waals surface area contributed by atoms with Crippen molar-refractivity contribution in [3.8, 4) is 0 Å². The predicted octanol–water partition coefficient (Wildman–Crippen LogP) is 2.11. The number of amides is 2. The second-order valence-electron chi connectivity index (χ2n) is 4.57. The highest BCUT2D eigenvalue weighted by molar-refractivity contribution is 6.02. The van der Waals surface area contributed by atoms with Crippen LogP contribution in [0.2, 0.25) is 0 Å². The van der Waals surface area contributed by atoms with Gasteiger partial charge >= 0.3 is 6.09 Å². The van der Waals surface area contributed by atoms with Crippen molar-refractivity contribution in [2.45, 2.75) is 6.10 Å². The van der Waals surface area contributed by atoms with Crippen LogP contribution < -0.4 is 10.6 Å². The number of aromatic nitrogens is 1. The van der Waals surface area contributed by atoms with Crippen LogP contribution >= 0.6 is 0 Å². The zero-order valence-electron chi connectivity index (χ0n) is 11.1. The van der Waals surface area contributed by atoms with E-state index in [4.69, 9.17) is 4.74 Å². The van der Waals surface area contributed by atoms with Crippen LogP contribution in [-0.4, -0.2) is 23.5 Å². The van der Waals surface area contributed by atoms with Crippen LogP contribution in [0.5, 0.6) is 0 Å². The van der Waals surface area contributed by atoms with Gasteiger partial charge in [-0.2, -0.15) is 0 Å². The Kier molecular flexibility index (Phi) is 3.51. The fraction of sp³-hybridized carbons (Fsp3) is 0.133. The molecule has 1 aliphatic heterocycles. The molecule has 1 aromatic heterocycles. The summed E-state index contributed by atoms with van der Waals surface area (Å²) in [6.45, 7) is 0.457. The molecule has 6 nitrogen and oxygen atoms in total. The van der Waals surface area contributed by atoms with E-state index in [0.717, 1.165) is 5.56 Å². The molecule has 1 fully saturated rings. The Labute approximate surface area is 121 Å². The molecule has 106 valence electrons. The molecule has 2 N–H and O–H groups in total. The molecule has 21 heavy (non-hydrogen) atoms. The summed E-state index contributed by atoms with van der Waals surface area (Å²) in [6, 6.07) is 12.3. The van der Waals surface area contributed by atoms with Gasteiger partial charge in [-0.05, 0) is 29.8 Å². The minimum Gasteiger partial charge on any atom is -0.439 e. The van der Waals surface area contributed by atoms with Crippen LogP contribution in [0, 0.1) is 0 Å². The van der Waals surface area contributed by atoms with Crippen LogP contribution in [0.15, 0.2) is 48.7 Å². The van der Waals surface area contributed by atoms with Gasteiger partial charge in [0.15, 0.2) is 0 Å². The van der Waals surface area contributed by atoms with E-state index in [1.165, 1.54) is 0 Å². The molecule has 1 unspecified atom stereocenters. The first-order valence-corrected chi connectivity index (χ1v) is 6.49. The Bertz CT molecular complexity index is 656. The lowest BCUT2D eigenvalue weighted by Crippen LogP contribution is -2.13. The third-order valence-corrected chi connectivity index (χ3v) is 3.12. The lowest BCUT2D eigenvalue weighted by Gasteiger charge is -2.09. The van der Waals surface area contributed by atoms with Crippen molar-refractivity contribution in [1.82, 2.24) is 10.3 Å². The van der Waals surface area contributed by atoms with Crippen molar-refractivity contribution in [2.75, 3.05) is 11.9 Å². The first-order chi connectivity index (χ1) is 10.2. The van der Waals surface area contributed by atoms with Gasteiger partial charge in [-0.3, -0.25) is 9.78 Å². The fourth-order valence-corrected chi connectivity index (χ4v) is 2.05. The third kappa shape index (κ3) is 3.00. The molecule has 2 amide bonds. The van der Waals surface area contributed by atoms with Crippen molar-refractivity contribution in [3.05, 3.63) is 59.9 Å². The normalized spacial score (nSPS) is 17.0. The number of benzene rings is 1. The number of pyridine rings is 1. The molecule has 0 spiro atoms. The number of cyclic esters (lactones) is 1. The molecule has 1 saturated heterocycles. The Balaban J connectivity index is 1.67. The van der Waals surface area contributed by atoms with E-state index in [1.807, 2.05) is 12.1 Å². The Morgan fingerprint density at radius 2 is 2.05 bits per heavy atom. The van der Waals surface area contributed by atoms with Crippen LogP contribution in [-0.2, 0) is 4.74 Å². The molecule has 2 aromatic rings. The van der Waals surface area contributed by atoms with Gasteiger partial charge in [0.05, 0.1) is 6.54 Å². The summed E-state index contributed by atoms with van der Waals surface area (Å²) in [7, 11) is 0. The zero-order chi connectivity index (χ0) is 14.7. The molecular weight excluding hydrogens is 270 g/mol. The van der Waals surface area contributed by atoms with Crippen molar-refractivity contribution in [2.24, 2.45) is 0 Å². The highest BCUT2D eigenvalue weighted by Crippen LogP contribution is 2.22. The molecule has 0 aliphatic carbocycles. The SMILES string of the molecule is O=C1NCC(c2ccc(NC(=O)c3ccccn3)cc2)O1. The van der Waals surface area contributed by atoms with E-state index in [9.17, 15) is 9.59 Å². The van der Waals surface area contributed by atoms with Crippen LogP contribution in [0.4, 0.5) is 10.5 Å². The summed E-state index contributed by atoms with van der Waals surface area (Å²) < 4.78 is 5.09. The van der Waals surface area contributed by atoms with E-state index < -0.39 is 6.09 Å². The number of carbonyl (C=O) groups excluding carboxylic acids is 2. The van der Waals surface area contributed by atoms with Crippen LogP contribution in [0.25, 0.3) is 0 Å². The molecule has 0 saturated carbocycles. The predicted molar refractivity (Wildman–Crippen MR) is 75.9 cm³/mol. The van der Waals surface area contributed by atoms with Crippen molar-refractivity contribution < 1.29 is 14.3 Å². The standard InChI is InChI=1S/C15H13N3O3/c19-14(12-3-1-2-8-16-12)18-11-6-4-10(5-7-11)13-9-17-15(20)21-13/h1-8,13H,9H2,(H,17,20)(H,18,19). The van der Waals surface area contributed by atoms with E-state index in [2.05, 4.69) is 15.6 Å². The average molecular weight is 283 g/mol. The molecule has 1 aromatic carbocycles. The van der Waals surface area contributed by atoms with Gasteiger partial charge in [0.25, 0.3) is 5.91 Å². The molecule has 1 aliphatic rings. The number of nitrogens with zero attached hydrogens (tertiary/aromatic N) is 1. The molecule has 2 heterocycles. The number of ether oxygens (including phenoxy) is 1. The monoisotopic (exact) mass is 283 g/mol. The summed E-state index contributed by atoms with van der Waals surface area (Å²) >= 11 is 0. The van der Waals surface area contributed by atoms with Gasteiger partial charge in [0, 0.05) is 11.9 Å². The number of carbonyl (C=O) groups is 2. The molecule has 6 heteroatoms. The van der Waals surface area contributed by atoms with Crippen molar-refractivity contribution in [3.63, 3.8) is 0 Å². The Hall–Kier alpha value is -2.89. The van der Waals surface area contributed by atoms with Gasteiger partial charge < -0.3 is 15.4 Å². The summed E-state index contributed by atoms with van der Waals surface area (Å²) in [5.41, 5.74) is 1.89. The van der Waals surface area contributed by atoms with Crippen molar-refractivity contribution in [1.29, 1.82) is 0 Å². The van der Waals surface area contributed by atoms with Crippen LogP contribution in [0.1, 0.15) is 22.2 Å². The highest BCUT2D eigenvalue weighted by atomic mass is 16.6. The fourth-order valence-electron chi connectivity index (χ4n) is 2.05. The number of rotatable bonds is 3. The molecular formula is C15H13N3O3. The number of anilines is 1. The van der Waals surface area contributed by atoms with E-state index in [-0.39, 0.29) is 12.0 Å². The summed E-state index contributed by atoms with van der Waals surface area (Å²) in [6.07, 6.45) is 0.880. The first-order valence-electron chi connectivity index (χ1n) is 6.49. The second kappa shape index (κ2) is 5.62. The summed E-state index contributed by atoms with van der Waals surface area (Å²) in [5.74, 6) is -0.266. The van der Waals surface area contributed by atoms with E-state index >= 15 is 0 Å². The quantitative estimate of drug-likeness (QED) is 0.904. The average Bonchev–Trinajstić information content (AvgIpc) is 2.95. The second-order valence-corrected chi connectivity index (χ2v) is 4.57. The van der Waals surface area contributed by atoms with Gasteiger partial charge in [0.2, 0.25) is 0 Å². The van der Waals surface area contributed by atoms with Gasteiger partial charge in [-0.25, -0.2) is 4.79 Å². The minimum atomic E-state index is -0.410. The Morgan fingerprint density at radius 3 is 2.67 bits per heavy atom. The highest BCUT2D eigenvalue weighted by Gasteiger charge is 2.23. The molecule has 1 atom stereocenters. The number of hydrogen-bond acceptors (Lipinski definition) is 4. The third-order valence-electron chi connectivity index (χ3n) is 3.12. The largest absolute Gasteiger partial charge is 0.439 e. The molecule has 3 rings (SSSR count). The smallest absolute Gasteiger partial charge is 0.407 e. The maximum atomic E-state index is 11.9. The lowest BCUT2D eigenvalue weighted by atomic mass is 10.1. The lowest BCUT2D eigenvalue weighted by molar-refractivity contribution is 0.102. The molecule has 0 radical (unpaired) electrons. The minimum absolute atomic E-state index is 0.266. The summed E-state index contributed by atoms with van der Waals surface area (Å²) in [5, 5.41) is 5.36. The number of nitrogens with one attached hydrogen (secondary N) is 2.